The summed E-state index contributed by atoms with van der Waals surface area (Å²) in [4.78, 5) is 1.45. The van der Waals surface area contributed by atoms with Crippen LogP contribution in [0.25, 0.3) is 0 Å². The van der Waals surface area contributed by atoms with Gasteiger partial charge < -0.3 is 5.73 Å². The third kappa shape index (κ3) is 4.25. The molecule has 1 nitrogen and oxygen atoms in total. The minimum atomic E-state index is 0.349. The lowest BCUT2D eigenvalue weighted by Crippen LogP contribution is -2.28. The van der Waals surface area contributed by atoms with Crippen LogP contribution in [0.2, 0.25) is 0 Å². The number of unbranched alkanes of at least 4 members (excludes halogenated alkanes) is 5. The van der Waals surface area contributed by atoms with Crippen molar-refractivity contribution in [3.8, 4) is 0 Å². The Labute approximate surface area is 122 Å². The van der Waals surface area contributed by atoms with Crippen molar-refractivity contribution >= 4 is 11.8 Å². The van der Waals surface area contributed by atoms with Crippen molar-refractivity contribution in [3.05, 3.63) is 29.8 Å². The highest BCUT2D eigenvalue weighted by molar-refractivity contribution is 7.99. The van der Waals surface area contributed by atoms with Gasteiger partial charge >= 0.3 is 0 Å². The monoisotopic (exact) mass is 277 g/mol. The minimum Gasteiger partial charge on any atom is -0.327 e. The molecule has 1 aromatic carbocycles. The lowest BCUT2D eigenvalue weighted by molar-refractivity contribution is 0.491. The van der Waals surface area contributed by atoms with Crippen LogP contribution >= 0.6 is 11.8 Å². The molecule has 2 N–H and O–H groups in total. The van der Waals surface area contributed by atoms with Crippen molar-refractivity contribution in [2.24, 2.45) is 5.73 Å². The summed E-state index contributed by atoms with van der Waals surface area (Å²) in [6.45, 7) is 2.27. The maximum Gasteiger partial charge on any atom is 0.0116 e. The zero-order valence-electron chi connectivity index (χ0n) is 12.1. The van der Waals surface area contributed by atoms with E-state index < -0.39 is 0 Å². The number of fused-ring (bicyclic) bond motifs is 1. The fraction of sp³-hybridized carbons (Fsp3) is 0.647. The Morgan fingerprint density at radius 3 is 2.74 bits per heavy atom. The van der Waals surface area contributed by atoms with Crippen molar-refractivity contribution in [2.45, 2.75) is 68.7 Å². The topological polar surface area (TPSA) is 26.0 Å². The molecule has 0 spiro atoms. The summed E-state index contributed by atoms with van der Waals surface area (Å²) in [5.74, 6) is 1.76. The standard InChI is InChI=1S/C17H27NS/c1-2-3-4-5-6-7-11-16(18)15-13-19-17-12-9-8-10-14(15)17/h8-10,12,15-16H,2-7,11,13,18H2,1H3. The van der Waals surface area contributed by atoms with Crippen LogP contribution in [0.4, 0.5) is 0 Å². The van der Waals surface area contributed by atoms with E-state index in [1.54, 1.807) is 0 Å². The van der Waals surface area contributed by atoms with Crippen molar-refractivity contribution in [1.82, 2.24) is 0 Å². The third-order valence-corrected chi connectivity index (χ3v) is 5.35. The molecule has 1 aromatic rings. The highest BCUT2D eigenvalue weighted by Crippen LogP contribution is 2.41. The van der Waals surface area contributed by atoms with Gasteiger partial charge in [-0.1, -0.05) is 63.6 Å². The van der Waals surface area contributed by atoms with Gasteiger partial charge in [-0.15, -0.1) is 11.8 Å². The first kappa shape index (κ1) is 14.9. The Morgan fingerprint density at radius 2 is 1.89 bits per heavy atom. The predicted octanol–water partition coefficient (Wildman–Crippen LogP) is 4.95. The lowest BCUT2D eigenvalue weighted by Gasteiger charge is -2.19. The van der Waals surface area contributed by atoms with Crippen molar-refractivity contribution in [2.75, 3.05) is 5.75 Å². The van der Waals surface area contributed by atoms with E-state index in [1.165, 1.54) is 61.2 Å². The van der Waals surface area contributed by atoms with Crippen LogP contribution in [-0.4, -0.2) is 11.8 Å². The second-order valence-corrected chi connectivity index (χ2v) is 6.74. The highest BCUT2D eigenvalue weighted by Gasteiger charge is 2.27. The van der Waals surface area contributed by atoms with E-state index in [4.69, 9.17) is 5.73 Å². The van der Waals surface area contributed by atoms with Gasteiger partial charge in [-0.3, -0.25) is 0 Å². The first-order chi connectivity index (χ1) is 9.33. The van der Waals surface area contributed by atoms with Gasteiger partial charge in [0, 0.05) is 22.6 Å². The smallest absolute Gasteiger partial charge is 0.0116 e. The molecule has 0 aromatic heterocycles. The fourth-order valence-electron chi connectivity index (χ4n) is 2.90. The Hall–Kier alpha value is -0.470. The molecule has 0 saturated heterocycles. The van der Waals surface area contributed by atoms with Gasteiger partial charge in [-0.2, -0.15) is 0 Å². The molecule has 0 bridgehead atoms. The van der Waals surface area contributed by atoms with Gasteiger partial charge in [-0.25, -0.2) is 0 Å². The summed E-state index contributed by atoms with van der Waals surface area (Å²) < 4.78 is 0. The summed E-state index contributed by atoms with van der Waals surface area (Å²) in [6, 6.07) is 9.13. The molecular weight excluding hydrogens is 250 g/mol. The molecule has 0 saturated carbocycles. The lowest BCUT2D eigenvalue weighted by atomic mass is 9.90. The van der Waals surface area contributed by atoms with E-state index in [9.17, 15) is 0 Å². The molecule has 0 amide bonds. The predicted molar refractivity (Wildman–Crippen MR) is 85.9 cm³/mol. The molecular formula is C17H27NS. The third-order valence-electron chi connectivity index (χ3n) is 4.14. The first-order valence-electron chi connectivity index (χ1n) is 7.80. The van der Waals surface area contributed by atoms with Gasteiger partial charge in [0.05, 0.1) is 0 Å². The fourth-order valence-corrected chi connectivity index (χ4v) is 4.25. The van der Waals surface area contributed by atoms with E-state index in [-0.39, 0.29) is 0 Å². The summed E-state index contributed by atoms with van der Waals surface area (Å²) in [7, 11) is 0. The Bertz CT molecular complexity index is 377. The molecule has 0 radical (unpaired) electrons. The van der Waals surface area contributed by atoms with Gasteiger partial charge in [0.15, 0.2) is 0 Å². The van der Waals surface area contributed by atoms with Gasteiger partial charge in [-0.05, 0) is 18.1 Å². The summed E-state index contributed by atoms with van der Waals surface area (Å²) >= 11 is 1.97. The Balaban J connectivity index is 1.71. The van der Waals surface area contributed by atoms with Crippen molar-refractivity contribution < 1.29 is 0 Å². The van der Waals surface area contributed by atoms with E-state index in [0.717, 1.165) is 0 Å². The molecule has 1 heterocycles. The van der Waals surface area contributed by atoms with Crippen LogP contribution in [0, 0.1) is 0 Å². The summed E-state index contributed by atoms with van der Waals surface area (Å²) in [5, 5.41) is 0. The first-order valence-corrected chi connectivity index (χ1v) is 8.78. The van der Waals surface area contributed by atoms with E-state index >= 15 is 0 Å². The number of benzene rings is 1. The number of hydrogen-bond donors (Lipinski definition) is 1. The maximum atomic E-state index is 6.42. The molecule has 2 unspecified atom stereocenters. The SMILES string of the molecule is CCCCCCCCC(N)C1CSc2ccccc21. The molecule has 1 aliphatic heterocycles. The molecule has 1 aliphatic rings. The van der Waals surface area contributed by atoms with Crippen LogP contribution in [0.1, 0.15) is 63.4 Å². The van der Waals surface area contributed by atoms with Crippen LogP contribution < -0.4 is 5.73 Å². The molecule has 106 valence electrons. The average molecular weight is 277 g/mol. The molecule has 0 fully saturated rings. The summed E-state index contributed by atoms with van der Waals surface area (Å²) in [6.07, 6.45) is 9.34. The zero-order chi connectivity index (χ0) is 13.5. The highest BCUT2D eigenvalue weighted by atomic mass is 32.2. The number of rotatable bonds is 8. The second kappa shape index (κ2) is 7.96. The molecule has 2 rings (SSSR count). The van der Waals surface area contributed by atoms with Crippen LogP contribution in [-0.2, 0) is 0 Å². The number of thioether (sulfide) groups is 1. The van der Waals surface area contributed by atoms with Crippen molar-refractivity contribution in [1.29, 1.82) is 0 Å². The molecule has 2 atom stereocenters. The zero-order valence-corrected chi connectivity index (χ0v) is 12.9. The van der Waals surface area contributed by atoms with Crippen molar-refractivity contribution in [3.63, 3.8) is 0 Å². The van der Waals surface area contributed by atoms with Gasteiger partial charge in [0.25, 0.3) is 0 Å². The largest absolute Gasteiger partial charge is 0.327 e. The molecule has 0 aliphatic carbocycles. The van der Waals surface area contributed by atoms with E-state index in [0.29, 0.717) is 12.0 Å². The van der Waals surface area contributed by atoms with Crippen LogP contribution in [0.3, 0.4) is 0 Å². The van der Waals surface area contributed by atoms with Crippen LogP contribution in [0.5, 0.6) is 0 Å². The second-order valence-electron chi connectivity index (χ2n) is 5.68. The number of hydrogen-bond acceptors (Lipinski definition) is 2. The molecule has 2 heteroatoms. The van der Waals surface area contributed by atoms with E-state index in [2.05, 4.69) is 31.2 Å². The normalized spacial score (nSPS) is 19.4. The number of nitrogens with two attached hydrogens (primary N) is 1. The Morgan fingerprint density at radius 1 is 1.16 bits per heavy atom. The Kier molecular flexibility index (Phi) is 6.25. The van der Waals surface area contributed by atoms with Gasteiger partial charge in [0.2, 0.25) is 0 Å². The quantitative estimate of drug-likeness (QED) is 0.680. The summed E-state index contributed by atoms with van der Waals surface area (Å²) in [5.41, 5.74) is 7.91. The van der Waals surface area contributed by atoms with E-state index in [1.807, 2.05) is 11.8 Å². The van der Waals surface area contributed by atoms with Crippen LogP contribution in [0.15, 0.2) is 29.2 Å². The van der Waals surface area contributed by atoms with Gasteiger partial charge in [0.1, 0.15) is 0 Å². The maximum absolute atomic E-state index is 6.42. The minimum absolute atomic E-state index is 0.349. The average Bonchev–Trinajstić information content (AvgIpc) is 2.86. The molecule has 19 heavy (non-hydrogen) atoms.